The van der Waals surface area contributed by atoms with Gasteiger partial charge in [-0.1, -0.05) is 0 Å². The van der Waals surface area contributed by atoms with Gasteiger partial charge in [0.15, 0.2) is 0 Å². The normalized spacial score (nSPS) is 14.2. The molecule has 1 aromatic heterocycles. The number of aromatic nitrogens is 1. The van der Waals surface area contributed by atoms with Crippen LogP contribution in [0.1, 0.15) is 11.9 Å². The van der Waals surface area contributed by atoms with Crippen molar-refractivity contribution in [1.82, 2.24) is 4.98 Å². The lowest BCUT2D eigenvalue weighted by atomic mass is 10.2. The van der Waals surface area contributed by atoms with Crippen molar-refractivity contribution in [2.75, 3.05) is 0 Å². The molecule has 0 saturated heterocycles. The molecule has 72 valence electrons. The molecule has 0 aliphatic rings. The Balaban J connectivity index is 2.90. The van der Waals surface area contributed by atoms with Gasteiger partial charge in [-0.3, -0.25) is 4.98 Å². The molecular weight excluding hydrogens is 254 g/mol. The Bertz CT molecular complexity index is 282. The molecule has 0 fully saturated rings. The van der Waals surface area contributed by atoms with Crippen molar-refractivity contribution < 1.29 is 17.6 Å². The molecule has 1 rings (SSSR count). The van der Waals surface area contributed by atoms with Crippen molar-refractivity contribution in [2.45, 2.75) is 12.3 Å². The van der Waals surface area contributed by atoms with E-state index in [1.165, 1.54) is 6.07 Å². The molecule has 0 aliphatic carbocycles. The highest BCUT2D eigenvalue weighted by Crippen LogP contribution is 2.34. The lowest BCUT2D eigenvalue weighted by molar-refractivity contribution is -0.183. The second kappa shape index (κ2) is 3.61. The molecule has 0 saturated carbocycles. The molecule has 0 aliphatic heterocycles. The SMILES string of the molecule is FC(c1ccc(Br)cn1)C(F)(F)F. The maximum Gasteiger partial charge on any atom is 0.425 e. The first kappa shape index (κ1) is 10.4. The number of hydrogen-bond donors (Lipinski definition) is 0. The van der Waals surface area contributed by atoms with Crippen molar-refractivity contribution in [3.63, 3.8) is 0 Å². The number of hydrogen-bond acceptors (Lipinski definition) is 1. The highest BCUT2D eigenvalue weighted by molar-refractivity contribution is 9.10. The minimum Gasteiger partial charge on any atom is -0.257 e. The van der Waals surface area contributed by atoms with Crippen LogP contribution in [0.3, 0.4) is 0 Å². The monoisotopic (exact) mass is 257 g/mol. The number of rotatable bonds is 1. The van der Waals surface area contributed by atoms with Gasteiger partial charge in [0.2, 0.25) is 6.17 Å². The minimum absolute atomic E-state index is 0.505. The van der Waals surface area contributed by atoms with Gasteiger partial charge in [-0.25, -0.2) is 4.39 Å². The Morgan fingerprint density at radius 3 is 2.31 bits per heavy atom. The smallest absolute Gasteiger partial charge is 0.257 e. The van der Waals surface area contributed by atoms with Crippen molar-refractivity contribution in [3.05, 3.63) is 28.5 Å². The summed E-state index contributed by atoms with van der Waals surface area (Å²) in [6.07, 6.45) is -6.78. The summed E-state index contributed by atoms with van der Waals surface area (Å²) in [5.41, 5.74) is -0.629. The fraction of sp³-hybridized carbons (Fsp3) is 0.286. The second-order valence-electron chi connectivity index (χ2n) is 2.31. The Hall–Kier alpha value is -0.650. The number of alkyl halides is 4. The van der Waals surface area contributed by atoms with Gasteiger partial charge >= 0.3 is 6.18 Å². The summed E-state index contributed by atoms with van der Waals surface area (Å²) in [5, 5.41) is 0. The fourth-order valence-corrected chi connectivity index (χ4v) is 0.939. The van der Waals surface area contributed by atoms with Gasteiger partial charge in [0.1, 0.15) is 0 Å². The molecule has 1 aromatic rings. The Labute approximate surface area is 79.9 Å². The average Bonchev–Trinajstić information content (AvgIpc) is 2.03. The largest absolute Gasteiger partial charge is 0.425 e. The lowest BCUT2D eigenvalue weighted by Crippen LogP contribution is -2.17. The van der Waals surface area contributed by atoms with E-state index in [0.29, 0.717) is 4.47 Å². The zero-order valence-electron chi connectivity index (χ0n) is 6.15. The lowest BCUT2D eigenvalue weighted by Gasteiger charge is -2.10. The molecule has 1 nitrogen and oxygen atoms in total. The maximum atomic E-state index is 12.6. The molecule has 0 spiro atoms. The van der Waals surface area contributed by atoms with E-state index in [1.54, 1.807) is 0 Å². The first-order chi connectivity index (χ1) is 5.91. The Morgan fingerprint density at radius 2 is 1.92 bits per heavy atom. The van der Waals surface area contributed by atoms with E-state index in [1.807, 2.05) is 0 Å². The molecule has 1 atom stereocenters. The topological polar surface area (TPSA) is 12.9 Å². The predicted octanol–water partition coefficient (Wildman–Crippen LogP) is 3.42. The Morgan fingerprint density at radius 1 is 1.31 bits per heavy atom. The molecule has 1 unspecified atom stereocenters. The second-order valence-corrected chi connectivity index (χ2v) is 3.22. The third kappa shape index (κ3) is 2.65. The first-order valence-corrected chi connectivity index (χ1v) is 4.03. The zero-order chi connectivity index (χ0) is 10.1. The van der Waals surface area contributed by atoms with Crippen LogP contribution in [0, 0.1) is 0 Å². The number of nitrogens with zero attached hydrogens (tertiary/aromatic N) is 1. The zero-order valence-corrected chi connectivity index (χ0v) is 7.73. The van der Waals surface area contributed by atoms with Crippen molar-refractivity contribution in [1.29, 1.82) is 0 Å². The van der Waals surface area contributed by atoms with Gasteiger partial charge in [-0.2, -0.15) is 13.2 Å². The minimum atomic E-state index is -4.89. The molecular formula is C7H4BrF4N. The van der Waals surface area contributed by atoms with E-state index in [2.05, 4.69) is 20.9 Å². The molecule has 0 N–H and O–H groups in total. The molecule has 6 heteroatoms. The van der Waals surface area contributed by atoms with Crippen LogP contribution in [-0.4, -0.2) is 11.2 Å². The van der Waals surface area contributed by atoms with E-state index in [9.17, 15) is 17.6 Å². The number of pyridine rings is 1. The summed E-state index contributed by atoms with van der Waals surface area (Å²) < 4.78 is 48.5. The molecule has 1 heterocycles. The van der Waals surface area contributed by atoms with Crippen molar-refractivity contribution in [2.24, 2.45) is 0 Å². The van der Waals surface area contributed by atoms with Gasteiger partial charge in [0.25, 0.3) is 0 Å². The van der Waals surface area contributed by atoms with Crippen LogP contribution in [0.4, 0.5) is 17.6 Å². The van der Waals surface area contributed by atoms with Gasteiger partial charge in [0, 0.05) is 10.7 Å². The third-order valence-electron chi connectivity index (χ3n) is 1.30. The van der Waals surface area contributed by atoms with E-state index in [4.69, 9.17) is 0 Å². The molecule has 0 aromatic carbocycles. The van der Waals surface area contributed by atoms with E-state index >= 15 is 0 Å². The van der Waals surface area contributed by atoms with E-state index in [-0.39, 0.29) is 0 Å². The fourth-order valence-electron chi connectivity index (χ4n) is 0.705. The van der Waals surface area contributed by atoms with Crippen LogP contribution >= 0.6 is 15.9 Å². The number of halogens is 5. The van der Waals surface area contributed by atoms with Crippen molar-refractivity contribution in [3.8, 4) is 0 Å². The highest BCUT2D eigenvalue weighted by Gasteiger charge is 2.42. The van der Waals surface area contributed by atoms with Gasteiger partial charge in [-0.05, 0) is 28.1 Å². The van der Waals surface area contributed by atoms with Crippen LogP contribution in [0.15, 0.2) is 22.8 Å². The molecule has 0 amide bonds. The average molecular weight is 258 g/mol. The highest BCUT2D eigenvalue weighted by atomic mass is 79.9. The van der Waals surface area contributed by atoms with Crippen molar-refractivity contribution >= 4 is 15.9 Å². The maximum absolute atomic E-state index is 12.6. The summed E-state index contributed by atoms with van der Waals surface area (Å²) in [4.78, 5) is 3.30. The summed E-state index contributed by atoms with van der Waals surface area (Å²) in [7, 11) is 0. The quantitative estimate of drug-likeness (QED) is 0.703. The van der Waals surface area contributed by atoms with Gasteiger partial charge in [0.05, 0.1) is 5.69 Å². The predicted molar refractivity (Wildman–Crippen MR) is 41.8 cm³/mol. The molecule has 0 bridgehead atoms. The standard InChI is InChI=1S/C7H4BrF4N/c8-4-1-2-5(13-3-4)6(9)7(10,11)12/h1-3,6H. The van der Waals surface area contributed by atoms with Crippen LogP contribution in [0.25, 0.3) is 0 Å². The molecule has 0 radical (unpaired) electrons. The van der Waals surface area contributed by atoms with E-state index < -0.39 is 18.0 Å². The summed E-state index contributed by atoms with van der Waals surface area (Å²) in [5.74, 6) is 0. The van der Waals surface area contributed by atoms with E-state index in [0.717, 1.165) is 12.3 Å². The first-order valence-electron chi connectivity index (χ1n) is 3.23. The summed E-state index contributed by atoms with van der Waals surface area (Å²) in [6, 6.07) is 2.29. The van der Waals surface area contributed by atoms with Crippen LogP contribution in [0.2, 0.25) is 0 Å². The third-order valence-corrected chi connectivity index (χ3v) is 1.77. The van der Waals surface area contributed by atoms with Gasteiger partial charge < -0.3 is 0 Å². The van der Waals surface area contributed by atoms with Gasteiger partial charge in [-0.15, -0.1) is 0 Å². The van der Waals surface area contributed by atoms with Crippen LogP contribution in [-0.2, 0) is 0 Å². The van der Waals surface area contributed by atoms with Crippen LogP contribution < -0.4 is 0 Å². The van der Waals surface area contributed by atoms with Crippen LogP contribution in [0.5, 0.6) is 0 Å². The summed E-state index contributed by atoms with van der Waals surface area (Å²) in [6.45, 7) is 0. The summed E-state index contributed by atoms with van der Waals surface area (Å²) >= 11 is 2.98. The Kier molecular flexibility index (Phi) is 2.90. The molecule has 13 heavy (non-hydrogen) atoms.